The Balaban J connectivity index is 2.20. The topological polar surface area (TPSA) is 57.6 Å². The van der Waals surface area contributed by atoms with E-state index in [0.717, 1.165) is 35.5 Å². The lowest BCUT2D eigenvalue weighted by atomic mass is 10.1. The fourth-order valence-corrected chi connectivity index (χ4v) is 2.15. The monoisotopic (exact) mass is 275 g/mol. The summed E-state index contributed by atoms with van der Waals surface area (Å²) in [5.74, 6) is 1.82. The third-order valence-electron chi connectivity index (χ3n) is 3.16. The molecule has 4 heteroatoms. The van der Waals surface area contributed by atoms with Gasteiger partial charge in [0.05, 0.1) is 0 Å². The van der Waals surface area contributed by atoms with Crippen molar-refractivity contribution in [3.05, 3.63) is 47.7 Å². The van der Waals surface area contributed by atoms with Crippen LogP contribution >= 0.6 is 0 Å². The molecule has 0 radical (unpaired) electrons. The highest BCUT2D eigenvalue weighted by Crippen LogP contribution is 2.26. The lowest BCUT2D eigenvalue weighted by molar-refractivity contribution is -0.105. The number of benzene rings is 1. The molecule has 0 amide bonds. The van der Waals surface area contributed by atoms with Gasteiger partial charge in [-0.3, -0.25) is 0 Å². The molecule has 1 aromatic heterocycles. The summed E-state index contributed by atoms with van der Waals surface area (Å²) in [5.41, 5.74) is 7.49. The number of methoxy groups -OCH3 is 2. The van der Waals surface area contributed by atoms with Gasteiger partial charge in [0.25, 0.3) is 0 Å². The van der Waals surface area contributed by atoms with Crippen LogP contribution in [0.3, 0.4) is 0 Å². The molecule has 108 valence electrons. The SMILES string of the molecule is COC(OC)c1cccc(-c2ccc(CCCN)o2)c1. The van der Waals surface area contributed by atoms with E-state index >= 15 is 0 Å². The van der Waals surface area contributed by atoms with Gasteiger partial charge in [-0.25, -0.2) is 0 Å². The van der Waals surface area contributed by atoms with Crippen LogP contribution in [0.25, 0.3) is 11.3 Å². The van der Waals surface area contributed by atoms with Crippen LogP contribution in [-0.2, 0) is 15.9 Å². The molecule has 2 rings (SSSR count). The van der Waals surface area contributed by atoms with E-state index in [4.69, 9.17) is 19.6 Å². The molecule has 2 N–H and O–H groups in total. The molecule has 0 saturated heterocycles. The zero-order valence-electron chi connectivity index (χ0n) is 12.0. The summed E-state index contributed by atoms with van der Waals surface area (Å²) in [6, 6.07) is 12.0. The molecular formula is C16H21NO3. The highest BCUT2D eigenvalue weighted by atomic mass is 16.7. The lowest BCUT2D eigenvalue weighted by Crippen LogP contribution is -2.03. The first-order chi connectivity index (χ1) is 9.78. The van der Waals surface area contributed by atoms with Gasteiger partial charge in [0, 0.05) is 31.8 Å². The highest BCUT2D eigenvalue weighted by molar-refractivity contribution is 5.58. The molecule has 0 saturated carbocycles. The third-order valence-corrected chi connectivity index (χ3v) is 3.16. The Morgan fingerprint density at radius 3 is 2.65 bits per heavy atom. The molecule has 1 aromatic carbocycles. The molecule has 0 atom stereocenters. The first kappa shape index (κ1) is 14.8. The normalized spacial score (nSPS) is 11.2. The smallest absolute Gasteiger partial charge is 0.183 e. The minimum absolute atomic E-state index is 0.360. The largest absolute Gasteiger partial charge is 0.461 e. The summed E-state index contributed by atoms with van der Waals surface area (Å²) < 4.78 is 16.4. The van der Waals surface area contributed by atoms with Gasteiger partial charge in [-0.2, -0.15) is 0 Å². The first-order valence-corrected chi connectivity index (χ1v) is 6.73. The van der Waals surface area contributed by atoms with Crippen LogP contribution in [0.2, 0.25) is 0 Å². The van der Waals surface area contributed by atoms with Gasteiger partial charge in [0.1, 0.15) is 11.5 Å². The van der Waals surface area contributed by atoms with Crippen molar-refractivity contribution in [3.63, 3.8) is 0 Å². The van der Waals surface area contributed by atoms with E-state index in [-0.39, 0.29) is 6.29 Å². The zero-order valence-corrected chi connectivity index (χ0v) is 12.0. The molecule has 1 heterocycles. The minimum atomic E-state index is -0.360. The molecule has 20 heavy (non-hydrogen) atoms. The third kappa shape index (κ3) is 3.48. The molecule has 4 nitrogen and oxygen atoms in total. The van der Waals surface area contributed by atoms with Crippen LogP contribution < -0.4 is 5.73 Å². The summed E-state index contributed by atoms with van der Waals surface area (Å²) in [7, 11) is 3.25. The van der Waals surface area contributed by atoms with E-state index in [0.29, 0.717) is 6.54 Å². The van der Waals surface area contributed by atoms with Crippen molar-refractivity contribution < 1.29 is 13.9 Å². The van der Waals surface area contributed by atoms with E-state index in [9.17, 15) is 0 Å². The Kier molecular flexibility index (Phi) is 5.35. The van der Waals surface area contributed by atoms with Gasteiger partial charge in [0.15, 0.2) is 6.29 Å². The average Bonchev–Trinajstić information content (AvgIpc) is 2.96. The van der Waals surface area contributed by atoms with Crippen molar-refractivity contribution in [2.24, 2.45) is 5.73 Å². The standard InChI is InChI=1S/C16H21NO3/c1-18-16(19-2)13-6-3-5-12(11-13)15-9-8-14(20-15)7-4-10-17/h3,5-6,8-9,11,16H,4,7,10,17H2,1-2H3. The molecular weight excluding hydrogens is 254 g/mol. The van der Waals surface area contributed by atoms with Crippen LogP contribution in [-0.4, -0.2) is 20.8 Å². The van der Waals surface area contributed by atoms with E-state index in [1.807, 2.05) is 36.4 Å². The van der Waals surface area contributed by atoms with Crippen LogP contribution in [0.5, 0.6) is 0 Å². The van der Waals surface area contributed by atoms with E-state index in [1.165, 1.54) is 0 Å². The molecule has 0 bridgehead atoms. The second-order valence-corrected chi connectivity index (χ2v) is 4.59. The zero-order chi connectivity index (χ0) is 14.4. The molecule has 0 aliphatic carbocycles. The van der Waals surface area contributed by atoms with Gasteiger partial charge < -0.3 is 19.6 Å². The van der Waals surface area contributed by atoms with Crippen LogP contribution in [0.15, 0.2) is 40.8 Å². The van der Waals surface area contributed by atoms with Crippen molar-refractivity contribution in [2.45, 2.75) is 19.1 Å². The predicted octanol–water partition coefficient (Wildman–Crippen LogP) is 3.13. The van der Waals surface area contributed by atoms with Gasteiger partial charge in [-0.1, -0.05) is 18.2 Å². The number of ether oxygens (including phenoxy) is 2. The van der Waals surface area contributed by atoms with Gasteiger partial charge in [-0.05, 0) is 31.2 Å². The Morgan fingerprint density at radius 1 is 1.15 bits per heavy atom. The Labute approximate surface area is 119 Å². The molecule has 0 unspecified atom stereocenters. The molecule has 0 aliphatic rings. The van der Waals surface area contributed by atoms with Crippen molar-refractivity contribution in [2.75, 3.05) is 20.8 Å². The van der Waals surface area contributed by atoms with Crippen LogP contribution in [0.1, 0.15) is 24.0 Å². The first-order valence-electron chi connectivity index (χ1n) is 6.73. The van der Waals surface area contributed by atoms with Gasteiger partial charge in [0.2, 0.25) is 0 Å². The molecule has 0 fully saturated rings. The van der Waals surface area contributed by atoms with Crippen LogP contribution in [0, 0.1) is 0 Å². The Bertz CT molecular complexity index is 532. The maximum Gasteiger partial charge on any atom is 0.183 e. The maximum atomic E-state index is 5.84. The minimum Gasteiger partial charge on any atom is -0.461 e. The number of rotatable bonds is 7. The van der Waals surface area contributed by atoms with E-state index in [1.54, 1.807) is 14.2 Å². The summed E-state index contributed by atoms with van der Waals surface area (Å²) in [6.07, 6.45) is 1.44. The Hall–Kier alpha value is -1.62. The highest BCUT2D eigenvalue weighted by Gasteiger charge is 2.11. The maximum absolute atomic E-state index is 5.84. The lowest BCUT2D eigenvalue weighted by Gasteiger charge is -2.14. The molecule has 0 aliphatic heterocycles. The summed E-state index contributed by atoms with van der Waals surface area (Å²) >= 11 is 0. The van der Waals surface area contributed by atoms with Crippen LogP contribution in [0.4, 0.5) is 0 Å². The van der Waals surface area contributed by atoms with E-state index < -0.39 is 0 Å². The molecule has 2 aromatic rings. The number of furan rings is 1. The second-order valence-electron chi connectivity index (χ2n) is 4.59. The molecule has 0 spiro atoms. The van der Waals surface area contributed by atoms with Crippen molar-refractivity contribution in [1.29, 1.82) is 0 Å². The summed E-state index contributed by atoms with van der Waals surface area (Å²) in [4.78, 5) is 0. The summed E-state index contributed by atoms with van der Waals surface area (Å²) in [5, 5.41) is 0. The number of aryl methyl sites for hydroxylation is 1. The van der Waals surface area contributed by atoms with Crippen molar-refractivity contribution in [3.8, 4) is 11.3 Å². The number of hydrogen-bond donors (Lipinski definition) is 1. The van der Waals surface area contributed by atoms with Gasteiger partial charge >= 0.3 is 0 Å². The van der Waals surface area contributed by atoms with Crippen molar-refractivity contribution >= 4 is 0 Å². The van der Waals surface area contributed by atoms with E-state index in [2.05, 4.69) is 0 Å². The quantitative estimate of drug-likeness (QED) is 0.789. The predicted molar refractivity (Wildman–Crippen MR) is 78.3 cm³/mol. The fraction of sp³-hybridized carbons (Fsp3) is 0.375. The van der Waals surface area contributed by atoms with Gasteiger partial charge in [-0.15, -0.1) is 0 Å². The number of nitrogens with two attached hydrogens (primary N) is 1. The second kappa shape index (κ2) is 7.24. The van der Waals surface area contributed by atoms with Crippen molar-refractivity contribution in [1.82, 2.24) is 0 Å². The average molecular weight is 275 g/mol. The number of hydrogen-bond acceptors (Lipinski definition) is 4. The fourth-order valence-electron chi connectivity index (χ4n) is 2.15. The Morgan fingerprint density at radius 2 is 1.95 bits per heavy atom. The summed E-state index contributed by atoms with van der Waals surface area (Å²) in [6.45, 7) is 0.675.